The van der Waals surface area contributed by atoms with E-state index in [-0.39, 0.29) is 5.41 Å². The van der Waals surface area contributed by atoms with Crippen LogP contribution in [-0.4, -0.2) is 39.8 Å². The predicted octanol–water partition coefficient (Wildman–Crippen LogP) is 0.994. The number of nitrogens with zero attached hydrogens (tertiary/aromatic N) is 1. The standard InChI is InChI=1S/C9H13NO4/c11-7(12)6-4-9(2-1-3-9)5-10(6)8(13)14/h6H,1-5H2,(H,11,12)(H,13,14). The highest BCUT2D eigenvalue weighted by Crippen LogP contribution is 2.50. The minimum atomic E-state index is -1.11. The van der Waals surface area contributed by atoms with E-state index in [2.05, 4.69) is 0 Å². The van der Waals surface area contributed by atoms with Gasteiger partial charge in [0.1, 0.15) is 6.04 Å². The molecule has 5 nitrogen and oxygen atoms in total. The van der Waals surface area contributed by atoms with Crippen LogP contribution >= 0.6 is 0 Å². The number of carbonyl (C=O) groups is 2. The topological polar surface area (TPSA) is 77.8 Å². The van der Waals surface area contributed by atoms with Crippen molar-refractivity contribution >= 4 is 12.1 Å². The Bertz CT molecular complexity index is 261. The summed E-state index contributed by atoms with van der Waals surface area (Å²) >= 11 is 0. The first-order chi connectivity index (χ1) is 6.54. The van der Waals surface area contributed by atoms with E-state index in [0.717, 1.165) is 24.2 Å². The van der Waals surface area contributed by atoms with Gasteiger partial charge in [-0.2, -0.15) is 0 Å². The normalized spacial score (nSPS) is 28.9. The largest absolute Gasteiger partial charge is 0.480 e. The Morgan fingerprint density at radius 2 is 1.93 bits per heavy atom. The van der Waals surface area contributed by atoms with Crippen LogP contribution in [0.25, 0.3) is 0 Å². The second-order valence-electron chi connectivity index (χ2n) is 4.32. The summed E-state index contributed by atoms with van der Waals surface area (Å²) in [6, 6.07) is -0.826. The lowest BCUT2D eigenvalue weighted by Gasteiger charge is -2.37. The van der Waals surface area contributed by atoms with Gasteiger partial charge in [0, 0.05) is 6.54 Å². The van der Waals surface area contributed by atoms with Crippen molar-refractivity contribution in [2.24, 2.45) is 5.41 Å². The molecule has 1 heterocycles. The van der Waals surface area contributed by atoms with E-state index in [4.69, 9.17) is 10.2 Å². The van der Waals surface area contributed by atoms with Gasteiger partial charge in [-0.3, -0.25) is 4.90 Å². The molecule has 0 radical (unpaired) electrons. The summed E-state index contributed by atoms with van der Waals surface area (Å²) in [5.74, 6) is -1.02. The summed E-state index contributed by atoms with van der Waals surface area (Å²) < 4.78 is 0. The molecule has 1 aliphatic carbocycles. The summed E-state index contributed by atoms with van der Waals surface area (Å²) in [6.45, 7) is 0.402. The maximum Gasteiger partial charge on any atom is 0.408 e. The van der Waals surface area contributed by atoms with Gasteiger partial charge in [-0.1, -0.05) is 6.42 Å². The quantitative estimate of drug-likeness (QED) is 0.660. The zero-order valence-electron chi connectivity index (χ0n) is 7.77. The van der Waals surface area contributed by atoms with E-state index in [9.17, 15) is 9.59 Å². The van der Waals surface area contributed by atoms with Gasteiger partial charge in [-0.05, 0) is 24.7 Å². The van der Waals surface area contributed by atoms with Crippen molar-refractivity contribution < 1.29 is 19.8 Å². The van der Waals surface area contributed by atoms with E-state index in [1.54, 1.807) is 0 Å². The average Bonchev–Trinajstić information content (AvgIpc) is 2.42. The van der Waals surface area contributed by atoms with E-state index < -0.39 is 18.1 Å². The van der Waals surface area contributed by atoms with Crippen molar-refractivity contribution in [3.05, 3.63) is 0 Å². The Morgan fingerprint density at radius 3 is 2.21 bits per heavy atom. The highest BCUT2D eigenvalue weighted by atomic mass is 16.4. The predicted molar refractivity (Wildman–Crippen MR) is 47.1 cm³/mol. The number of carboxylic acids is 1. The molecule has 1 amide bonds. The van der Waals surface area contributed by atoms with Crippen LogP contribution in [0.2, 0.25) is 0 Å². The van der Waals surface area contributed by atoms with Gasteiger partial charge in [-0.15, -0.1) is 0 Å². The molecule has 1 unspecified atom stereocenters. The van der Waals surface area contributed by atoms with Crippen LogP contribution in [0.4, 0.5) is 4.79 Å². The number of amides is 1. The van der Waals surface area contributed by atoms with E-state index in [1.807, 2.05) is 0 Å². The fourth-order valence-electron chi connectivity index (χ4n) is 2.52. The van der Waals surface area contributed by atoms with Crippen LogP contribution in [0.15, 0.2) is 0 Å². The highest BCUT2D eigenvalue weighted by Gasteiger charge is 2.51. The van der Waals surface area contributed by atoms with Gasteiger partial charge in [0.15, 0.2) is 0 Å². The molecule has 1 aliphatic heterocycles. The van der Waals surface area contributed by atoms with Crippen LogP contribution in [-0.2, 0) is 4.79 Å². The Labute approximate surface area is 81.3 Å². The Morgan fingerprint density at radius 1 is 1.29 bits per heavy atom. The Kier molecular flexibility index (Phi) is 1.90. The summed E-state index contributed by atoms with van der Waals surface area (Å²) in [7, 11) is 0. The number of carboxylic acid groups (broad SMARTS) is 2. The molecule has 1 saturated carbocycles. The van der Waals surface area contributed by atoms with Crippen LogP contribution < -0.4 is 0 Å². The smallest absolute Gasteiger partial charge is 0.408 e. The van der Waals surface area contributed by atoms with Gasteiger partial charge in [-0.25, -0.2) is 9.59 Å². The maximum absolute atomic E-state index is 10.8. The van der Waals surface area contributed by atoms with Crippen molar-refractivity contribution in [1.29, 1.82) is 0 Å². The molecule has 5 heteroatoms. The molecule has 1 saturated heterocycles. The fourth-order valence-corrected chi connectivity index (χ4v) is 2.52. The van der Waals surface area contributed by atoms with Crippen LogP contribution in [0.1, 0.15) is 25.7 Å². The molecule has 1 atom stereocenters. The molecular formula is C9H13NO4. The molecule has 2 fully saturated rings. The monoisotopic (exact) mass is 199 g/mol. The third kappa shape index (κ3) is 1.23. The highest BCUT2D eigenvalue weighted by molar-refractivity contribution is 5.80. The molecule has 2 aliphatic rings. The minimum Gasteiger partial charge on any atom is -0.480 e. The van der Waals surface area contributed by atoms with Gasteiger partial charge in [0.2, 0.25) is 0 Å². The number of hydrogen-bond acceptors (Lipinski definition) is 2. The summed E-state index contributed by atoms with van der Waals surface area (Å²) in [5, 5.41) is 17.7. The van der Waals surface area contributed by atoms with E-state index in [0.29, 0.717) is 13.0 Å². The maximum atomic E-state index is 10.8. The fraction of sp³-hybridized carbons (Fsp3) is 0.778. The van der Waals surface area contributed by atoms with Gasteiger partial charge < -0.3 is 10.2 Å². The van der Waals surface area contributed by atoms with Gasteiger partial charge in [0.25, 0.3) is 0 Å². The first kappa shape index (κ1) is 9.30. The van der Waals surface area contributed by atoms with E-state index >= 15 is 0 Å². The van der Waals surface area contributed by atoms with Gasteiger partial charge >= 0.3 is 12.1 Å². The lowest BCUT2D eigenvalue weighted by molar-refractivity contribution is -0.141. The van der Waals surface area contributed by atoms with E-state index in [1.165, 1.54) is 0 Å². The lowest BCUT2D eigenvalue weighted by atomic mass is 9.67. The molecule has 2 N–H and O–H groups in total. The zero-order valence-corrected chi connectivity index (χ0v) is 7.77. The molecule has 2 rings (SSSR count). The second kappa shape index (κ2) is 2.87. The Balaban J connectivity index is 2.15. The van der Waals surface area contributed by atoms with Crippen molar-refractivity contribution in [3.63, 3.8) is 0 Å². The second-order valence-corrected chi connectivity index (χ2v) is 4.32. The summed E-state index contributed by atoms with van der Waals surface area (Å²) in [5.41, 5.74) is -0.0125. The Hall–Kier alpha value is -1.26. The minimum absolute atomic E-state index is 0.0125. The van der Waals surface area contributed by atoms with Crippen molar-refractivity contribution in [3.8, 4) is 0 Å². The summed E-state index contributed by atoms with van der Waals surface area (Å²) in [6.07, 6.45) is 2.43. The molecular weight excluding hydrogens is 186 g/mol. The van der Waals surface area contributed by atoms with Gasteiger partial charge in [0.05, 0.1) is 0 Å². The van der Waals surface area contributed by atoms with Crippen LogP contribution in [0.3, 0.4) is 0 Å². The molecule has 0 aromatic rings. The number of hydrogen-bond donors (Lipinski definition) is 2. The zero-order chi connectivity index (χ0) is 10.3. The molecule has 0 aromatic heterocycles. The molecule has 0 aromatic carbocycles. The van der Waals surface area contributed by atoms with Crippen LogP contribution in [0.5, 0.6) is 0 Å². The average molecular weight is 199 g/mol. The molecule has 78 valence electrons. The molecule has 14 heavy (non-hydrogen) atoms. The number of aliphatic carboxylic acids is 1. The molecule has 0 bridgehead atoms. The third-order valence-electron chi connectivity index (χ3n) is 3.45. The van der Waals surface area contributed by atoms with Crippen molar-refractivity contribution in [2.45, 2.75) is 31.7 Å². The first-order valence-electron chi connectivity index (χ1n) is 4.76. The van der Waals surface area contributed by atoms with Crippen molar-refractivity contribution in [1.82, 2.24) is 4.90 Å². The third-order valence-corrected chi connectivity index (χ3v) is 3.45. The molecule has 1 spiro atoms. The lowest BCUT2D eigenvalue weighted by Crippen LogP contribution is -2.40. The number of likely N-dealkylation sites (tertiary alicyclic amines) is 1. The first-order valence-corrected chi connectivity index (χ1v) is 4.76. The summed E-state index contributed by atoms with van der Waals surface area (Å²) in [4.78, 5) is 22.7. The number of rotatable bonds is 1. The van der Waals surface area contributed by atoms with Crippen molar-refractivity contribution in [2.75, 3.05) is 6.54 Å². The van der Waals surface area contributed by atoms with Crippen LogP contribution in [0, 0.1) is 5.41 Å². The SMILES string of the molecule is O=C(O)C1CC2(CCC2)CN1C(=O)O.